The van der Waals surface area contributed by atoms with Gasteiger partial charge in [0.15, 0.2) is 11.3 Å². The van der Waals surface area contributed by atoms with Gasteiger partial charge in [0.25, 0.3) is 0 Å². The van der Waals surface area contributed by atoms with E-state index in [0.717, 1.165) is 0 Å². The summed E-state index contributed by atoms with van der Waals surface area (Å²) < 4.78 is 57.0. The maximum atomic E-state index is 13.7. The molecule has 0 amide bonds. The van der Waals surface area contributed by atoms with Crippen molar-refractivity contribution in [2.45, 2.75) is 49.0 Å². The third-order valence-electron chi connectivity index (χ3n) is 4.54. The maximum Gasteiger partial charge on any atom is 0.417 e. The molecule has 156 valence electrons. The number of hydrogen-bond donors (Lipinski definition) is 1. The second kappa shape index (κ2) is 8.48. The van der Waals surface area contributed by atoms with E-state index in [4.69, 9.17) is 14.2 Å². The number of benzene rings is 1. The molecule has 2 aliphatic heterocycles. The molecule has 1 aromatic rings. The van der Waals surface area contributed by atoms with Gasteiger partial charge in [-0.3, -0.25) is 4.99 Å². The average molecular weight is 420 g/mol. The van der Waals surface area contributed by atoms with Crippen LogP contribution in [0.15, 0.2) is 29.3 Å². The first-order valence-corrected chi connectivity index (χ1v) is 9.63. The maximum absolute atomic E-state index is 13.7. The van der Waals surface area contributed by atoms with Crippen LogP contribution in [0.25, 0.3) is 0 Å². The highest BCUT2D eigenvalue weighted by Crippen LogP contribution is 2.40. The second-order valence-corrected chi connectivity index (χ2v) is 7.95. The highest BCUT2D eigenvalue weighted by atomic mass is 32.2. The fourth-order valence-corrected chi connectivity index (χ4v) is 4.33. The van der Waals surface area contributed by atoms with Gasteiger partial charge in [0.2, 0.25) is 0 Å². The predicted octanol–water partition coefficient (Wildman–Crippen LogP) is 2.65. The number of alkyl halides is 3. The van der Waals surface area contributed by atoms with Crippen LogP contribution in [0.4, 0.5) is 13.2 Å². The molecule has 6 nitrogen and oxygen atoms in total. The first-order chi connectivity index (χ1) is 13.2. The van der Waals surface area contributed by atoms with Crippen molar-refractivity contribution >= 4 is 16.9 Å². The number of aliphatic hydroxyl groups is 1. The Kier molecular flexibility index (Phi) is 6.43. The molecule has 10 heteroatoms. The van der Waals surface area contributed by atoms with E-state index in [0.29, 0.717) is 16.5 Å². The van der Waals surface area contributed by atoms with Crippen LogP contribution in [0.1, 0.15) is 12.0 Å². The molecule has 0 saturated carbocycles. The van der Waals surface area contributed by atoms with Gasteiger partial charge in [-0.05, 0) is 17.7 Å². The van der Waals surface area contributed by atoms with Gasteiger partial charge in [-0.1, -0.05) is 23.9 Å². The van der Waals surface area contributed by atoms with Gasteiger partial charge in [0, 0.05) is 20.5 Å². The third-order valence-corrected chi connectivity index (χ3v) is 5.85. The number of aliphatic imine (C=N–C) groups is 1. The number of fused-ring (bicyclic) bond motifs is 1. The third kappa shape index (κ3) is 4.73. The van der Waals surface area contributed by atoms with Crippen LogP contribution in [0, 0.1) is 0 Å². The van der Waals surface area contributed by atoms with E-state index in [1.165, 1.54) is 18.9 Å². The van der Waals surface area contributed by atoms with Crippen molar-refractivity contribution < 1.29 is 32.5 Å². The average Bonchev–Trinajstić information content (AvgIpc) is 3.06. The summed E-state index contributed by atoms with van der Waals surface area (Å²) in [7, 11) is 5.04. The van der Waals surface area contributed by atoms with Crippen molar-refractivity contribution in [3.05, 3.63) is 29.8 Å². The van der Waals surface area contributed by atoms with E-state index in [2.05, 4.69) is 4.99 Å². The molecule has 5 atom stereocenters. The molecule has 0 radical (unpaired) electrons. The molecule has 2 heterocycles. The smallest absolute Gasteiger partial charge is 0.417 e. The van der Waals surface area contributed by atoms with Crippen LogP contribution < -0.4 is 4.74 Å². The number of nitrogens with zero attached hydrogens (tertiary/aromatic N) is 2. The van der Waals surface area contributed by atoms with Gasteiger partial charge in [-0.25, -0.2) is 0 Å². The summed E-state index contributed by atoms with van der Waals surface area (Å²) in [5.74, 6) is 0.535. The van der Waals surface area contributed by atoms with E-state index in [9.17, 15) is 18.3 Å². The Labute approximate surface area is 165 Å². The van der Waals surface area contributed by atoms with Crippen LogP contribution >= 0.6 is 11.8 Å². The van der Waals surface area contributed by atoms with Gasteiger partial charge < -0.3 is 24.2 Å². The minimum absolute atomic E-state index is 0.200. The molecule has 2 aliphatic rings. The van der Waals surface area contributed by atoms with E-state index in [1.54, 1.807) is 43.3 Å². The van der Waals surface area contributed by atoms with Crippen molar-refractivity contribution in [1.82, 2.24) is 4.90 Å². The molecule has 1 fully saturated rings. The van der Waals surface area contributed by atoms with Crippen molar-refractivity contribution in [3.8, 4) is 5.75 Å². The minimum Gasteiger partial charge on any atom is -0.497 e. The van der Waals surface area contributed by atoms with Crippen LogP contribution in [-0.4, -0.2) is 72.3 Å². The quantitative estimate of drug-likeness (QED) is 0.790. The van der Waals surface area contributed by atoms with Gasteiger partial charge >= 0.3 is 6.18 Å². The zero-order valence-corrected chi connectivity index (χ0v) is 16.5. The zero-order chi connectivity index (χ0) is 20.5. The Bertz CT molecular complexity index is 716. The Morgan fingerprint density at radius 3 is 2.79 bits per heavy atom. The summed E-state index contributed by atoms with van der Waals surface area (Å²) >= 11 is 1.21. The molecule has 0 unspecified atom stereocenters. The lowest BCUT2D eigenvalue weighted by Gasteiger charge is -2.38. The largest absolute Gasteiger partial charge is 0.497 e. The number of thioether (sulfide) groups is 1. The highest BCUT2D eigenvalue weighted by Gasteiger charge is 2.53. The lowest BCUT2D eigenvalue weighted by Crippen LogP contribution is -2.53. The van der Waals surface area contributed by atoms with Gasteiger partial charge in [0.1, 0.15) is 17.2 Å². The van der Waals surface area contributed by atoms with Gasteiger partial charge in [-0.15, -0.1) is 0 Å². The van der Waals surface area contributed by atoms with E-state index in [1.807, 2.05) is 0 Å². The van der Waals surface area contributed by atoms with E-state index in [-0.39, 0.29) is 13.0 Å². The van der Waals surface area contributed by atoms with Crippen LogP contribution in [0.2, 0.25) is 0 Å². The molecule has 28 heavy (non-hydrogen) atoms. The standard InChI is InChI=1S/C18H23F3N2O4S/c1-23(2)17-22-14-12(24)8-13(27-16(14)28-17)15(18(19,20)21)26-9-10-5-4-6-11(7-10)25-3/h4-7,12-16,24H,8-9H2,1-3H3/t12-,13-,14+,15+,16+/m0/s1. The Balaban J connectivity index is 1.70. The number of hydrogen-bond acceptors (Lipinski definition) is 7. The van der Waals surface area contributed by atoms with Crippen molar-refractivity contribution in [1.29, 1.82) is 0 Å². The van der Waals surface area contributed by atoms with Gasteiger partial charge in [0.05, 0.1) is 25.9 Å². The molecule has 0 aromatic heterocycles. The summed E-state index contributed by atoms with van der Waals surface area (Å²) in [6.07, 6.45) is -9.33. The zero-order valence-electron chi connectivity index (χ0n) is 15.7. The van der Waals surface area contributed by atoms with E-state index < -0.39 is 36.0 Å². The normalized spacial score (nSPS) is 28.5. The lowest BCUT2D eigenvalue weighted by atomic mass is 9.97. The molecule has 3 rings (SSSR count). The molecule has 1 N–H and O–H groups in total. The first-order valence-electron chi connectivity index (χ1n) is 8.75. The van der Waals surface area contributed by atoms with Crippen molar-refractivity contribution in [3.63, 3.8) is 0 Å². The van der Waals surface area contributed by atoms with Crippen LogP contribution in [0.3, 0.4) is 0 Å². The van der Waals surface area contributed by atoms with Crippen molar-refractivity contribution in [2.24, 2.45) is 4.99 Å². The fraction of sp³-hybridized carbons (Fsp3) is 0.611. The summed E-state index contributed by atoms with van der Waals surface area (Å²) in [6, 6.07) is 6.08. The SMILES string of the molecule is COc1cccc(CO[C@H]([C@@H]2C[C@H](O)[C@H]3N=C(N(C)C)S[C@H]3O2)C(F)(F)F)c1. The molecular weight excluding hydrogens is 397 g/mol. The van der Waals surface area contributed by atoms with Crippen molar-refractivity contribution in [2.75, 3.05) is 21.2 Å². The monoisotopic (exact) mass is 420 g/mol. The molecular formula is C18H23F3N2O4S. The topological polar surface area (TPSA) is 63.5 Å². The molecule has 0 bridgehead atoms. The molecule has 0 spiro atoms. The number of amidine groups is 1. The minimum atomic E-state index is -4.63. The summed E-state index contributed by atoms with van der Waals surface area (Å²) in [4.78, 5) is 6.10. The molecule has 0 aliphatic carbocycles. The lowest BCUT2D eigenvalue weighted by molar-refractivity contribution is -0.267. The Hall–Kier alpha value is -1.49. The summed E-state index contributed by atoms with van der Waals surface area (Å²) in [6.45, 7) is -0.252. The van der Waals surface area contributed by atoms with Crippen LogP contribution in [0.5, 0.6) is 5.75 Å². The molecule has 1 saturated heterocycles. The molecule has 1 aromatic carbocycles. The number of rotatable bonds is 5. The predicted molar refractivity (Wildman–Crippen MR) is 99.4 cm³/mol. The number of aliphatic hydroxyl groups excluding tert-OH is 1. The Morgan fingerprint density at radius 2 is 2.14 bits per heavy atom. The Morgan fingerprint density at radius 1 is 1.39 bits per heavy atom. The summed E-state index contributed by atoms with van der Waals surface area (Å²) in [5.41, 5.74) is -0.118. The second-order valence-electron chi connectivity index (χ2n) is 6.89. The highest BCUT2D eigenvalue weighted by molar-refractivity contribution is 8.14. The van der Waals surface area contributed by atoms with E-state index >= 15 is 0 Å². The van der Waals surface area contributed by atoms with Crippen LogP contribution in [-0.2, 0) is 16.1 Å². The fourth-order valence-electron chi connectivity index (χ4n) is 3.15. The van der Waals surface area contributed by atoms with Gasteiger partial charge in [-0.2, -0.15) is 13.2 Å². The summed E-state index contributed by atoms with van der Waals surface area (Å²) in [5, 5.41) is 11.0. The number of halogens is 3. The number of ether oxygens (including phenoxy) is 3. The first kappa shape index (κ1) is 21.2. The number of methoxy groups -OCH3 is 1.